The second kappa shape index (κ2) is 5.75. The normalized spacial score (nSPS) is 12.2. The van der Waals surface area contributed by atoms with Gasteiger partial charge in [0.05, 0.1) is 16.5 Å². The Morgan fingerprint density at radius 3 is 2.43 bits per heavy atom. The van der Waals surface area contributed by atoms with Gasteiger partial charge in [0.15, 0.2) is 5.82 Å². The van der Waals surface area contributed by atoms with Crippen LogP contribution in [-0.4, -0.2) is 14.8 Å². The monoisotopic (exact) mass is 365 g/mol. The summed E-state index contributed by atoms with van der Waals surface area (Å²) in [4.78, 5) is 0. The van der Waals surface area contributed by atoms with Gasteiger partial charge in [0, 0.05) is 6.04 Å². The molecule has 0 radical (unpaired) electrons. The van der Waals surface area contributed by atoms with Crippen LogP contribution in [0, 0.1) is 5.82 Å². The number of hydrogen-bond acceptors (Lipinski definition) is 2. The van der Waals surface area contributed by atoms with E-state index in [2.05, 4.69) is 26.1 Å². The number of nitrogens with zero attached hydrogens (tertiary/aromatic N) is 3. The van der Waals surface area contributed by atoms with Gasteiger partial charge in [0.1, 0.15) is 11.6 Å². The average Bonchev–Trinajstić information content (AvgIpc) is 2.81. The Balaban J connectivity index is 2.64. The van der Waals surface area contributed by atoms with E-state index in [1.807, 2.05) is 13.8 Å². The zero-order valence-electron chi connectivity index (χ0n) is 11.2. The van der Waals surface area contributed by atoms with Crippen LogP contribution in [-0.2, 0) is 11.5 Å². The topological polar surface area (TPSA) is 30.7 Å². The predicted octanol–water partition coefficient (Wildman–Crippen LogP) is 4.58. The molecule has 114 valence electrons. The van der Waals surface area contributed by atoms with Crippen molar-refractivity contribution in [3.8, 4) is 11.4 Å². The van der Waals surface area contributed by atoms with E-state index in [-0.39, 0.29) is 17.4 Å². The van der Waals surface area contributed by atoms with Gasteiger partial charge in [-0.3, -0.25) is 0 Å². The summed E-state index contributed by atoms with van der Waals surface area (Å²) in [6.07, 6.45) is -4.54. The lowest BCUT2D eigenvalue weighted by molar-refractivity contribution is -0.137. The Hall–Kier alpha value is -1.44. The summed E-state index contributed by atoms with van der Waals surface area (Å²) in [5.74, 6) is -0.154. The van der Waals surface area contributed by atoms with Gasteiger partial charge in [-0.15, -0.1) is 10.2 Å². The molecule has 0 amide bonds. The van der Waals surface area contributed by atoms with E-state index in [0.717, 1.165) is 12.1 Å². The van der Waals surface area contributed by atoms with Crippen LogP contribution < -0.4 is 0 Å². The third kappa shape index (κ3) is 3.09. The van der Waals surface area contributed by atoms with Crippen molar-refractivity contribution in [2.75, 3.05) is 0 Å². The Kier molecular flexibility index (Phi) is 4.36. The molecule has 8 heteroatoms. The Bertz CT molecular complexity index is 649. The highest BCUT2D eigenvalue weighted by Gasteiger charge is 2.32. The number of hydrogen-bond donors (Lipinski definition) is 0. The first kappa shape index (κ1) is 15.9. The fourth-order valence-corrected chi connectivity index (χ4v) is 2.40. The molecule has 2 rings (SSSR count). The molecule has 0 saturated heterocycles. The summed E-state index contributed by atoms with van der Waals surface area (Å²) in [5, 5.41) is 8.10. The molecule has 0 bridgehead atoms. The molecule has 0 saturated carbocycles. The number of aromatic nitrogens is 3. The zero-order chi connectivity index (χ0) is 15.8. The standard InChI is InChI=1S/C13H12BrF4N3/c1-7(2)21-11(6-14)19-20-12(21)9-5-8(13(16,17)18)3-4-10(9)15/h3-5,7H,6H2,1-2H3. The van der Waals surface area contributed by atoms with E-state index in [1.54, 1.807) is 4.57 Å². The largest absolute Gasteiger partial charge is 0.416 e. The predicted molar refractivity (Wildman–Crippen MR) is 73.4 cm³/mol. The molecule has 1 aromatic carbocycles. The number of benzene rings is 1. The van der Waals surface area contributed by atoms with E-state index in [0.29, 0.717) is 17.2 Å². The molecule has 0 aliphatic rings. The maximum atomic E-state index is 13.9. The van der Waals surface area contributed by atoms with Gasteiger partial charge >= 0.3 is 6.18 Å². The first-order valence-corrected chi connectivity index (χ1v) is 7.24. The summed E-state index contributed by atoms with van der Waals surface area (Å²) in [6.45, 7) is 3.65. The lowest BCUT2D eigenvalue weighted by Gasteiger charge is -2.14. The molecular weight excluding hydrogens is 354 g/mol. The quantitative estimate of drug-likeness (QED) is 0.588. The van der Waals surface area contributed by atoms with Crippen LogP contribution in [0.4, 0.5) is 17.6 Å². The van der Waals surface area contributed by atoms with Crippen molar-refractivity contribution in [2.45, 2.75) is 31.4 Å². The van der Waals surface area contributed by atoms with Crippen molar-refractivity contribution in [2.24, 2.45) is 0 Å². The molecule has 0 N–H and O–H groups in total. The first-order chi connectivity index (χ1) is 9.75. The summed E-state index contributed by atoms with van der Waals surface area (Å²) in [6, 6.07) is 2.15. The number of rotatable bonds is 3. The molecule has 1 heterocycles. The molecule has 0 atom stereocenters. The minimum Gasteiger partial charge on any atom is -0.308 e. The molecule has 21 heavy (non-hydrogen) atoms. The number of alkyl halides is 4. The summed E-state index contributed by atoms with van der Waals surface area (Å²) in [7, 11) is 0. The summed E-state index contributed by atoms with van der Waals surface area (Å²) in [5.41, 5.74) is -1.13. The van der Waals surface area contributed by atoms with E-state index >= 15 is 0 Å². The second-order valence-electron chi connectivity index (χ2n) is 4.73. The highest BCUT2D eigenvalue weighted by Crippen LogP contribution is 2.34. The Morgan fingerprint density at radius 1 is 1.24 bits per heavy atom. The maximum absolute atomic E-state index is 13.9. The van der Waals surface area contributed by atoms with Crippen LogP contribution in [0.3, 0.4) is 0 Å². The van der Waals surface area contributed by atoms with Gasteiger partial charge in [-0.1, -0.05) is 15.9 Å². The molecule has 0 unspecified atom stereocenters. The van der Waals surface area contributed by atoms with Gasteiger partial charge in [0.2, 0.25) is 0 Å². The van der Waals surface area contributed by atoms with Crippen molar-refractivity contribution in [3.05, 3.63) is 35.4 Å². The Labute approximate surface area is 127 Å². The smallest absolute Gasteiger partial charge is 0.308 e. The van der Waals surface area contributed by atoms with E-state index < -0.39 is 17.6 Å². The Morgan fingerprint density at radius 2 is 1.90 bits per heavy atom. The third-order valence-corrected chi connectivity index (χ3v) is 3.44. The van der Waals surface area contributed by atoms with Gasteiger partial charge in [-0.05, 0) is 32.0 Å². The summed E-state index contributed by atoms with van der Waals surface area (Å²) < 4.78 is 53.9. The molecule has 3 nitrogen and oxygen atoms in total. The van der Waals surface area contributed by atoms with E-state index in [9.17, 15) is 17.6 Å². The lowest BCUT2D eigenvalue weighted by Crippen LogP contribution is -2.09. The molecule has 0 spiro atoms. The van der Waals surface area contributed by atoms with Gasteiger partial charge in [0.25, 0.3) is 0 Å². The fraction of sp³-hybridized carbons (Fsp3) is 0.385. The third-order valence-electron chi connectivity index (χ3n) is 2.94. The van der Waals surface area contributed by atoms with Crippen LogP contribution in [0.5, 0.6) is 0 Å². The van der Waals surface area contributed by atoms with Crippen molar-refractivity contribution in [1.82, 2.24) is 14.8 Å². The van der Waals surface area contributed by atoms with Crippen molar-refractivity contribution in [3.63, 3.8) is 0 Å². The highest BCUT2D eigenvalue weighted by molar-refractivity contribution is 9.08. The van der Waals surface area contributed by atoms with Crippen LogP contribution in [0.15, 0.2) is 18.2 Å². The van der Waals surface area contributed by atoms with Crippen molar-refractivity contribution >= 4 is 15.9 Å². The van der Waals surface area contributed by atoms with Crippen LogP contribution in [0.2, 0.25) is 0 Å². The van der Waals surface area contributed by atoms with Crippen LogP contribution >= 0.6 is 15.9 Å². The van der Waals surface area contributed by atoms with Crippen LogP contribution in [0.25, 0.3) is 11.4 Å². The maximum Gasteiger partial charge on any atom is 0.416 e. The molecule has 2 aromatic rings. The molecule has 0 aliphatic carbocycles. The average molecular weight is 366 g/mol. The van der Waals surface area contributed by atoms with Gasteiger partial charge in [-0.25, -0.2) is 4.39 Å². The summed E-state index contributed by atoms with van der Waals surface area (Å²) >= 11 is 3.23. The molecular formula is C13H12BrF4N3. The highest BCUT2D eigenvalue weighted by atomic mass is 79.9. The molecule has 0 aliphatic heterocycles. The van der Waals surface area contributed by atoms with Crippen molar-refractivity contribution < 1.29 is 17.6 Å². The molecule has 1 aromatic heterocycles. The van der Waals surface area contributed by atoms with Gasteiger partial charge in [-0.2, -0.15) is 13.2 Å². The van der Waals surface area contributed by atoms with E-state index in [4.69, 9.17) is 0 Å². The van der Waals surface area contributed by atoms with Crippen LogP contribution in [0.1, 0.15) is 31.3 Å². The number of halogens is 5. The molecule has 0 fully saturated rings. The minimum absolute atomic E-state index is 0.0862. The SMILES string of the molecule is CC(C)n1c(CBr)nnc1-c1cc(C(F)(F)F)ccc1F. The van der Waals surface area contributed by atoms with Gasteiger partial charge < -0.3 is 4.57 Å². The van der Waals surface area contributed by atoms with E-state index in [1.165, 1.54) is 0 Å². The van der Waals surface area contributed by atoms with Crippen molar-refractivity contribution in [1.29, 1.82) is 0 Å². The first-order valence-electron chi connectivity index (χ1n) is 6.12. The fourth-order valence-electron chi connectivity index (χ4n) is 2.01. The minimum atomic E-state index is -4.54. The zero-order valence-corrected chi connectivity index (χ0v) is 12.8. The lowest BCUT2D eigenvalue weighted by atomic mass is 10.1. The second-order valence-corrected chi connectivity index (χ2v) is 5.29.